The first-order valence-electron chi connectivity index (χ1n) is 5.67. The van der Waals surface area contributed by atoms with Gasteiger partial charge in [0.2, 0.25) is 5.78 Å². The van der Waals surface area contributed by atoms with Crippen molar-refractivity contribution in [3.63, 3.8) is 0 Å². The first-order chi connectivity index (χ1) is 7.75. The molecule has 1 N–H and O–H groups in total. The summed E-state index contributed by atoms with van der Waals surface area (Å²) in [4.78, 5) is 11.7. The van der Waals surface area contributed by atoms with E-state index in [1.54, 1.807) is 12.1 Å². The minimum Gasteiger partial charge on any atom is -0.458 e. The van der Waals surface area contributed by atoms with Crippen molar-refractivity contribution in [2.45, 2.75) is 25.9 Å². The van der Waals surface area contributed by atoms with E-state index in [4.69, 9.17) is 9.15 Å². The molecule has 1 aromatic heterocycles. The highest BCUT2D eigenvalue weighted by atomic mass is 16.5. The number of hydrogen-bond acceptors (Lipinski definition) is 4. The molecule has 2 heterocycles. The Labute approximate surface area is 95.0 Å². The number of carbonyl (C=O) groups excluding carboxylic acids is 1. The molecule has 0 unspecified atom stereocenters. The number of ether oxygens (including phenoxy) is 1. The van der Waals surface area contributed by atoms with Crippen molar-refractivity contribution in [2.75, 3.05) is 19.7 Å². The highest BCUT2D eigenvalue weighted by Crippen LogP contribution is 2.10. The number of aryl methyl sites for hydroxylation is 1. The van der Waals surface area contributed by atoms with Crippen LogP contribution in [0.25, 0.3) is 0 Å². The predicted octanol–water partition coefficient (Wildman–Crippen LogP) is 1.54. The number of furan rings is 1. The van der Waals surface area contributed by atoms with Crippen LogP contribution in [0.3, 0.4) is 0 Å². The molecular weight excluding hydrogens is 206 g/mol. The molecule has 4 nitrogen and oxygen atoms in total. The second kappa shape index (κ2) is 5.27. The van der Waals surface area contributed by atoms with Crippen LogP contribution in [-0.4, -0.2) is 31.6 Å². The van der Waals surface area contributed by atoms with E-state index in [-0.39, 0.29) is 18.5 Å². The number of ketones is 1. The van der Waals surface area contributed by atoms with Crippen molar-refractivity contribution in [3.8, 4) is 0 Å². The summed E-state index contributed by atoms with van der Waals surface area (Å²) in [5.74, 6) is 1.07. The fourth-order valence-corrected chi connectivity index (χ4v) is 1.81. The van der Waals surface area contributed by atoms with E-state index in [0.717, 1.165) is 31.7 Å². The quantitative estimate of drug-likeness (QED) is 0.787. The Bertz CT molecular complexity index is 353. The molecule has 1 aliphatic heterocycles. The Morgan fingerprint density at radius 1 is 1.50 bits per heavy atom. The fourth-order valence-electron chi connectivity index (χ4n) is 1.81. The van der Waals surface area contributed by atoms with Crippen molar-refractivity contribution in [1.29, 1.82) is 0 Å². The SMILES string of the molecule is Cc1ccc(C(=O)COC2CCNCC2)o1. The van der Waals surface area contributed by atoms with Crippen LogP contribution in [-0.2, 0) is 4.74 Å². The van der Waals surface area contributed by atoms with E-state index in [1.807, 2.05) is 6.92 Å². The molecule has 1 fully saturated rings. The Balaban J connectivity index is 1.79. The maximum atomic E-state index is 11.7. The van der Waals surface area contributed by atoms with E-state index in [2.05, 4.69) is 5.32 Å². The lowest BCUT2D eigenvalue weighted by Gasteiger charge is -2.22. The summed E-state index contributed by atoms with van der Waals surface area (Å²) < 4.78 is 10.8. The molecule has 1 aromatic rings. The number of carbonyl (C=O) groups is 1. The smallest absolute Gasteiger partial charge is 0.223 e. The molecule has 0 radical (unpaired) electrons. The normalized spacial score (nSPS) is 17.6. The van der Waals surface area contributed by atoms with Crippen molar-refractivity contribution < 1.29 is 13.9 Å². The van der Waals surface area contributed by atoms with Gasteiger partial charge in [-0.05, 0) is 45.0 Å². The molecule has 0 spiro atoms. The van der Waals surface area contributed by atoms with Gasteiger partial charge in [0.05, 0.1) is 6.10 Å². The predicted molar refractivity (Wildman–Crippen MR) is 59.6 cm³/mol. The Hall–Kier alpha value is -1.13. The van der Waals surface area contributed by atoms with E-state index in [0.29, 0.717) is 5.76 Å². The van der Waals surface area contributed by atoms with Gasteiger partial charge in [-0.25, -0.2) is 0 Å². The lowest BCUT2D eigenvalue weighted by molar-refractivity contribution is 0.0303. The zero-order chi connectivity index (χ0) is 11.4. The largest absolute Gasteiger partial charge is 0.458 e. The second-order valence-corrected chi connectivity index (χ2v) is 4.09. The standard InChI is InChI=1S/C12H17NO3/c1-9-2-3-12(16-9)11(14)8-15-10-4-6-13-7-5-10/h2-3,10,13H,4-8H2,1H3. The maximum Gasteiger partial charge on any atom is 0.223 e. The molecule has 0 aromatic carbocycles. The number of hydrogen-bond donors (Lipinski definition) is 1. The van der Waals surface area contributed by atoms with Gasteiger partial charge in [-0.3, -0.25) is 4.79 Å². The summed E-state index contributed by atoms with van der Waals surface area (Å²) in [6.07, 6.45) is 2.16. The van der Waals surface area contributed by atoms with E-state index >= 15 is 0 Å². The van der Waals surface area contributed by atoms with Crippen LogP contribution in [0.2, 0.25) is 0 Å². The summed E-state index contributed by atoms with van der Waals surface area (Å²) in [5, 5.41) is 3.25. The number of rotatable bonds is 4. The van der Waals surface area contributed by atoms with Gasteiger partial charge < -0.3 is 14.5 Å². The maximum absolute atomic E-state index is 11.7. The van der Waals surface area contributed by atoms with Crippen LogP contribution in [0.1, 0.15) is 29.2 Å². The molecule has 16 heavy (non-hydrogen) atoms. The zero-order valence-corrected chi connectivity index (χ0v) is 9.49. The summed E-state index contributed by atoms with van der Waals surface area (Å²) in [6, 6.07) is 3.49. The molecule has 0 saturated carbocycles. The van der Waals surface area contributed by atoms with Gasteiger partial charge in [0, 0.05) is 0 Å². The molecule has 2 rings (SSSR count). The number of piperidine rings is 1. The van der Waals surface area contributed by atoms with Crippen molar-refractivity contribution in [2.24, 2.45) is 0 Å². The van der Waals surface area contributed by atoms with Crippen LogP contribution >= 0.6 is 0 Å². The van der Waals surface area contributed by atoms with Crippen LogP contribution in [0, 0.1) is 6.92 Å². The summed E-state index contributed by atoms with van der Waals surface area (Å²) in [7, 11) is 0. The van der Waals surface area contributed by atoms with Gasteiger partial charge in [-0.1, -0.05) is 0 Å². The van der Waals surface area contributed by atoms with Gasteiger partial charge in [0.15, 0.2) is 5.76 Å². The molecule has 1 aliphatic rings. The molecule has 0 atom stereocenters. The average Bonchev–Trinajstić information content (AvgIpc) is 2.74. The monoisotopic (exact) mass is 223 g/mol. The van der Waals surface area contributed by atoms with E-state index in [9.17, 15) is 4.79 Å². The molecule has 4 heteroatoms. The molecule has 0 aliphatic carbocycles. The third-order valence-electron chi connectivity index (χ3n) is 2.75. The topological polar surface area (TPSA) is 51.5 Å². The summed E-state index contributed by atoms with van der Waals surface area (Å²) >= 11 is 0. The highest BCUT2D eigenvalue weighted by molar-refractivity contribution is 5.94. The summed E-state index contributed by atoms with van der Waals surface area (Å²) in [6.45, 7) is 3.89. The fraction of sp³-hybridized carbons (Fsp3) is 0.583. The lowest BCUT2D eigenvalue weighted by Crippen LogP contribution is -2.33. The molecule has 0 amide bonds. The van der Waals surface area contributed by atoms with E-state index < -0.39 is 0 Å². The first kappa shape index (κ1) is 11.4. The minimum atomic E-state index is -0.0772. The lowest BCUT2D eigenvalue weighted by atomic mass is 10.1. The summed E-state index contributed by atoms with van der Waals surface area (Å²) in [5.41, 5.74) is 0. The van der Waals surface area contributed by atoms with Crippen LogP contribution in [0.15, 0.2) is 16.5 Å². The molecule has 0 bridgehead atoms. The second-order valence-electron chi connectivity index (χ2n) is 4.09. The third-order valence-corrected chi connectivity index (χ3v) is 2.75. The minimum absolute atomic E-state index is 0.0772. The molecule has 88 valence electrons. The average molecular weight is 223 g/mol. The van der Waals surface area contributed by atoms with Crippen molar-refractivity contribution in [3.05, 3.63) is 23.7 Å². The van der Waals surface area contributed by atoms with Crippen molar-refractivity contribution >= 4 is 5.78 Å². The Morgan fingerprint density at radius 3 is 2.88 bits per heavy atom. The number of Topliss-reactive ketones (excluding diaryl/α,β-unsaturated/α-hetero) is 1. The molecular formula is C12H17NO3. The first-order valence-corrected chi connectivity index (χ1v) is 5.67. The van der Waals surface area contributed by atoms with Crippen LogP contribution in [0.5, 0.6) is 0 Å². The van der Waals surface area contributed by atoms with Gasteiger partial charge in [0.25, 0.3) is 0 Å². The van der Waals surface area contributed by atoms with Gasteiger partial charge in [-0.15, -0.1) is 0 Å². The van der Waals surface area contributed by atoms with Gasteiger partial charge >= 0.3 is 0 Å². The highest BCUT2D eigenvalue weighted by Gasteiger charge is 2.16. The van der Waals surface area contributed by atoms with Crippen LogP contribution < -0.4 is 5.32 Å². The van der Waals surface area contributed by atoms with Crippen LogP contribution in [0.4, 0.5) is 0 Å². The van der Waals surface area contributed by atoms with E-state index in [1.165, 1.54) is 0 Å². The number of nitrogens with one attached hydrogen (secondary N) is 1. The van der Waals surface area contributed by atoms with Gasteiger partial charge in [0.1, 0.15) is 12.4 Å². The van der Waals surface area contributed by atoms with Crippen molar-refractivity contribution in [1.82, 2.24) is 5.32 Å². The Kier molecular flexibility index (Phi) is 3.74. The third kappa shape index (κ3) is 2.93. The zero-order valence-electron chi connectivity index (χ0n) is 9.49. The molecule has 1 saturated heterocycles. The Morgan fingerprint density at radius 2 is 2.25 bits per heavy atom. The van der Waals surface area contributed by atoms with Gasteiger partial charge in [-0.2, -0.15) is 0 Å².